The quantitative estimate of drug-likeness (QED) is 0.766. The Morgan fingerprint density at radius 1 is 1.30 bits per heavy atom. The first-order chi connectivity index (χ1) is 9.74. The molecule has 0 amide bonds. The molecular weight excluding hydrogens is 274 g/mol. The van der Waals surface area contributed by atoms with Gasteiger partial charge in [0.05, 0.1) is 13.2 Å². The van der Waals surface area contributed by atoms with Crippen molar-refractivity contribution in [1.29, 1.82) is 0 Å². The fraction of sp³-hybridized carbons (Fsp3) is 0.625. The zero-order valence-corrected chi connectivity index (χ0v) is 13.1. The summed E-state index contributed by atoms with van der Waals surface area (Å²) in [5.74, 6) is 1.59. The van der Waals surface area contributed by atoms with Gasteiger partial charge < -0.3 is 14.8 Å². The summed E-state index contributed by atoms with van der Waals surface area (Å²) >= 11 is 6.17. The molecule has 1 aliphatic carbocycles. The molecule has 3 nitrogen and oxygen atoms in total. The zero-order chi connectivity index (χ0) is 14.4. The molecule has 0 atom stereocenters. The first kappa shape index (κ1) is 15.5. The number of hydrogen-bond acceptors (Lipinski definition) is 3. The molecule has 20 heavy (non-hydrogen) atoms. The van der Waals surface area contributed by atoms with Gasteiger partial charge in [-0.05, 0) is 44.7 Å². The van der Waals surface area contributed by atoms with Crippen LogP contribution in [0.3, 0.4) is 0 Å². The summed E-state index contributed by atoms with van der Waals surface area (Å²) in [5, 5.41) is 4.09. The molecular formula is C16H24ClNO2. The summed E-state index contributed by atoms with van der Waals surface area (Å²) in [6, 6.07) is 3.80. The van der Waals surface area contributed by atoms with Crippen molar-refractivity contribution in [2.45, 2.75) is 51.7 Å². The number of ether oxygens (including phenoxy) is 2. The van der Waals surface area contributed by atoms with Crippen LogP contribution in [0.5, 0.6) is 11.5 Å². The smallest absolute Gasteiger partial charge is 0.166 e. The second-order valence-electron chi connectivity index (χ2n) is 5.30. The molecule has 1 aliphatic rings. The zero-order valence-electron chi connectivity index (χ0n) is 12.4. The van der Waals surface area contributed by atoms with Crippen LogP contribution in [0.25, 0.3) is 0 Å². The summed E-state index contributed by atoms with van der Waals surface area (Å²) in [5.41, 5.74) is 1.08. The van der Waals surface area contributed by atoms with Gasteiger partial charge >= 0.3 is 0 Å². The number of benzene rings is 1. The van der Waals surface area contributed by atoms with Crippen LogP contribution in [-0.2, 0) is 6.54 Å². The Bertz CT molecular complexity index is 431. The fourth-order valence-electron chi connectivity index (χ4n) is 2.61. The first-order valence-corrected chi connectivity index (χ1v) is 7.86. The molecule has 0 heterocycles. The van der Waals surface area contributed by atoms with Crippen LogP contribution < -0.4 is 14.8 Å². The van der Waals surface area contributed by atoms with Crippen molar-refractivity contribution in [1.82, 2.24) is 5.32 Å². The van der Waals surface area contributed by atoms with Crippen molar-refractivity contribution in [2.24, 2.45) is 0 Å². The minimum atomic E-state index is 0.315. The molecule has 1 N–H and O–H groups in total. The summed E-state index contributed by atoms with van der Waals surface area (Å²) in [6.45, 7) is 3.89. The van der Waals surface area contributed by atoms with Crippen LogP contribution in [-0.4, -0.2) is 19.8 Å². The van der Waals surface area contributed by atoms with Gasteiger partial charge in [0.2, 0.25) is 0 Å². The van der Waals surface area contributed by atoms with E-state index in [1.807, 2.05) is 12.1 Å². The topological polar surface area (TPSA) is 30.5 Å². The third-order valence-electron chi connectivity index (χ3n) is 3.65. The Labute approximate surface area is 126 Å². The standard InChI is InChI=1S/C16H24ClNO2/c1-3-8-18-11-12-9-13(17)10-15(19-2)16(12)20-14-6-4-5-7-14/h9-10,14,18H,3-8,11H2,1-2H3. The lowest BCUT2D eigenvalue weighted by atomic mass is 10.1. The van der Waals surface area contributed by atoms with E-state index in [-0.39, 0.29) is 0 Å². The van der Waals surface area contributed by atoms with E-state index in [0.717, 1.165) is 49.4 Å². The molecule has 0 radical (unpaired) electrons. The van der Waals surface area contributed by atoms with Gasteiger partial charge in [0.15, 0.2) is 11.5 Å². The largest absolute Gasteiger partial charge is 0.493 e. The monoisotopic (exact) mass is 297 g/mol. The lowest BCUT2D eigenvalue weighted by molar-refractivity contribution is 0.198. The number of hydrogen-bond donors (Lipinski definition) is 1. The van der Waals surface area contributed by atoms with E-state index in [4.69, 9.17) is 21.1 Å². The van der Waals surface area contributed by atoms with E-state index in [2.05, 4.69) is 12.2 Å². The Balaban J connectivity index is 2.19. The minimum absolute atomic E-state index is 0.315. The second-order valence-corrected chi connectivity index (χ2v) is 5.73. The summed E-state index contributed by atoms with van der Waals surface area (Å²) < 4.78 is 11.6. The van der Waals surface area contributed by atoms with Crippen molar-refractivity contribution in [3.63, 3.8) is 0 Å². The van der Waals surface area contributed by atoms with Gasteiger partial charge in [0.25, 0.3) is 0 Å². The summed E-state index contributed by atoms with van der Waals surface area (Å²) in [6.07, 6.45) is 6.20. The highest BCUT2D eigenvalue weighted by atomic mass is 35.5. The van der Waals surface area contributed by atoms with E-state index in [9.17, 15) is 0 Å². The molecule has 0 unspecified atom stereocenters. The highest BCUT2D eigenvalue weighted by molar-refractivity contribution is 6.30. The van der Waals surface area contributed by atoms with Crippen LogP contribution in [0.4, 0.5) is 0 Å². The van der Waals surface area contributed by atoms with Crippen LogP contribution >= 0.6 is 11.6 Å². The van der Waals surface area contributed by atoms with Gasteiger partial charge in [-0.15, -0.1) is 0 Å². The molecule has 2 rings (SSSR count). The highest BCUT2D eigenvalue weighted by Gasteiger charge is 2.21. The van der Waals surface area contributed by atoms with Crippen molar-refractivity contribution in [3.8, 4) is 11.5 Å². The normalized spacial score (nSPS) is 15.6. The second kappa shape index (κ2) is 7.75. The molecule has 0 spiro atoms. The van der Waals surface area contributed by atoms with Crippen LogP contribution in [0, 0.1) is 0 Å². The number of rotatable bonds is 7. The fourth-order valence-corrected chi connectivity index (χ4v) is 2.84. The van der Waals surface area contributed by atoms with Gasteiger partial charge in [-0.1, -0.05) is 18.5 Å². The molecule has 1 saturated carbocycles. The predicted octanol–water partition coefficient (Wildman–Crippen LogP) is 4.17. The average molecular weight is 298 g/mol. The highest BCUT2D eigenvalue weighted by Crippen LogP contribution is 2.37. The van der Waals surface area contributed by atoms with Gasteiger partial charge in [-0.25, -0.2) is 0 Å². The van der Waals surface area contributed by atoms with Crippen molar-refractivity contribution >= 4 is 11.6 Å². The van der Waals surface area contributed by atoms with Gasteiger partial charge in [-0.2, -0.15) is 0 Å². The molecule has 1 fully saturated rings. The van der Waals surface area contributed by atoms with Gasteiger partial charge in [-0.3, -0.25) is 0 Å². The van der Waals surface area contributed by atoms with E-state index in [1.165, 1.54) is 12.8 Å². The lowest BCUT2D eigenvalue weighted by Gasteiger charge is -2.20. The molecule has 4 heteroatoms. The summed E-state index contributed by atoms with van der Waals surface area (Å²) in [7, 11) is 1.66. The molecule has 112 valence electrons. The van der Waals surface area contributed by atoms with E-state index < -0.39 is 0 Å². The Morgan fingerprint density at radius 2 is 2.05 bits per heavy atom. The van der Waals surface area contributed by atoms with E-state index >= 15 is 0 Å². The molecule has 0 saturated heterocycles. The Morgan fingerprint density at radius 3 is 2.70 bits per heavy atom. The number of halogens is 1. The minimum Gasteiger partial charge on any atom is -0.493 e. The van der Waals surface area contributed by atoms with E-state index in [0.29, 0.717) is 11.1 Å². The van der Waals surface area contributed by atoms with Crippen LogP contribution in [0.15, 0.2) is 12.1 Å². The maximum Gasteiger partial charge on any atom is 0.166 e. The third kappa shape index (κ3) is 4.03. The Hall–Kier alpha value is -0.930. The van der Waals surface area contributed by atoms with Crippen molar-refractivity contribution in [3.05, 3.63) is 22.7 Å². The molecule has 1 aromatic carbocycles. The lowest BCUT2D eigenvalue weighted by Crippen LogP contribution is -2.17. The van der Waals surface area contributed by atoms with Crippen LogP contribution in [0.1, 0.15) is 44.6 Å². The van der Waals surface area contributed by atoms with Gasteiger partial charge in [0, 0.05) is 23.2 Å². The SMILES string of the molecule is CCCNCc1cc(Cl)cc(OC)c1OC1CCCC1. The average Bonchev–Trinajstić information content (AvgIpc) is 2.94. The molecule has 0 bridgehead atoms. The maximum atomic E-state index is 6.19. The predicted molar refractivity (Wildman–Crippen MR) is 82.9 cm³/mol. The third-order valence-corrected chi connectivity index (χ3v) is 3.86. The van der Waals surface area contributed by atoms with Gasteiger partial charge in [0.1, 0.15) is 0 Å². The number of methoxy groups -OCH3 is 1. The number of nitrogens with one attached hydrogen (secondary N) is 1. The molecule has 0 aliphatic heterocycles. The first-order valence-electron chi connectivity index (χ1n) is 7.48. The molecule has 0 aromatic heterocycles. The van der Waals surface area contributed by atoms with E-state index in [1.54, 1.807) is 7.11 Å². The summed E-state index contributed by atoms with van der Waals surface area (Å²) in [4.78, 5) is 0. The van der Waals surface area contributed by atoms with Crippen LogP contribution in [0.2, 0.25) is 5.02 Å². The molecule has 1 aromatic rings. The van der Waals surface area contributed by atoms with Crippen molar-refractivity contribution < 1.29 is 9.47 Å². The Kier molecular flexibility index (Phi) is 5.99. The van der Waals surface area contributed by atoms with Crippen molar-refractivity contribution in [2.75, 3.05) is 13.7 Å². The maximum absolute atomic E-state index is 6.19.